The van der Waals surface area contributed by atoms with Gasteiger partial charge in [0, 0.05) is 0 Å². The van der Waals surface area contributed by atoms with Gasteiger partial charge in [0.05, 0.1) is 6.10 Å². The molecule has 1 nitrogen and oxygen atoms in total. The molecule has 0 N–H and O–H groups in total. The Kier molecular flexibility index (Phi) is 5.69. The van der Waals surface area contributed by atoms with E-state index in [1.54, 1.807) is 0 Å². The Morgan fingerprint density at radius 3 is 2.12 bits per heavy atom. The Morgan fingerprint density at radius 2 is 1.56 bits per heavy atom. The van der Waals surface area contributed by atoms with Crippen LogP contribution in [0.4, 0.5) is 0 Å². The molecule has 1 aromatic carbocycles. The van der Waals surface area contributed by atoms with E-state index in [-0.39, 0.29) is 0 Å². The highest BCUT2D eigenvalue weighted by Gasteiger charge is 2.19. The van der Waals surface area contributed by atoms with Crippen molar-refractivity contribution in [2.24, 2.45) is 5.92 Å². The first kappa shape index (κ1) is 12.8. The highest BCUT2D eigenvalue weighted by molar-refractivity contribution is 5.21. The number of hydrogen-bond acceptors (Lipinski definition) is 1. The Bertz CT molecular complexity index is 273. The number of rotatable bonds is 2. The molecule has 1 aliphatic carbocycles. The van der Waals surface area contributed by atoms with Crippen molar-refractivity contribution in [2.75, 3.05) is 0 Å². The highest BCUT2D eigenvalue weighted by Crippen LogP contribution is 2.26. The third kappa shape index (κ3) is 4.09. The Labute approximate surface area is 99.1 Å². The number of hydrogen-bond donors (Lipinski definition) is 0. The van der Waals surface area contributed by atoms with E-state index in [1.165, 1.54) is 25.7 Å². The smallest absolute Gasteiger partial charge is 0.119 e. The minimum Gasteiger partial charge on any atom is -0.490 e. The van der Waals surface area contributed by atoms with Crippen LogP contribution in [-0.4, -0.2) is 6.10 Å². The molecule has 0 saturated heterocycles. The van der Waals surface area contributed by atoms with Crippen LogP contribution < -0.4 is 4.74 Å². The predicted molar refractivity (Wildman–Crippen MR) is 69.7 cm³/mol. The zero-order chi connectivity index (χ0) is 11.8. The van der Waals surface area contributed by atoms with Crippen molar-refractivity contribution in [2.45, 2.75) is 38.7 Å². The summed E-state index contributed by atoms with van der Waals surface area (Å²) in [6, 6.07) is 10.2. The lowest BCUT2D eigenvalue weighted by Crippen LogP contribution is -2.22. The lowest BCUT2D eigenvalue weighted by Gasteiger charge is -2.26. The molecular weight excluding hydrogens is 196 g/mol. The summed E-state index contributed by atoms with van der Waals surface area (Å²) in [7, 11) is 0. The fraction of sp³-hybridized carbons (Fsp3) is 0.467. The van der Waals surface area contributed by atoms with Crippen molar-refractivity contribution in [3.05, 3.63) is 43.5 Å². The normalized spacial score (nSPS) is 24.1. The minimum absolute atomic E-state index is 0.452. The molecule has 88 valence electrons. The van der Waals surface area contributed by atoms with E-state index in [2.05, 4.69) is 20.1 Å². The van der Waals surface area contributed by atoms with Crippen molar-refractivity contribution >= 4 is 0 Å². The van der Waals surface area contributed by atoms with Crippen LogP contribution in [0.25, 0.3) is 0 Å². The first-order chi connectivity index (χ1) is 7.84. The molecule has 0 amide bonds. The molecule has 1 fully saturated rings. The summed E-state index contributed by atoms with van der Waals surface area (Å²) in [4.78, 5) is 0. The van der Waals surface area contributed by atoms with Crippen LogP contribution in [0, 0.1) is 5.92 Å². The summed E-state index contributed by atoms with van der Waals surface area (Å²) in [5.74, 6) is 1.91. The van der Waals surface area contributed by atoms with Crippen molar-refractivity contribution in [3.63, 3.8) is 0 Å². The Hall–Kier alpha value is -1.24. The van der Waals surface area contributed by atoms with Crippen LogP contribution in [0.5, 0.6) is 5.75 Å². The van der Waals surface area contributed by atoms with E-state index in [1.807, 2.05) is 30.3 Å². The van der Waals surface area contributed by atoms with Gasteiger partial charge in [-0.25, -0.2) is 0 Å². The number of para-hydroxylation sites is 1. The third-order valence-electron chi connectivity index (χ3n) is 3.01. The fourth-order valence-electron chi connectivity index (χ4n) is 2.04. The molecule has 0 unspecified atom stereocenters. The molecule has 0 spiro atoms. The highest BCUT2D eigenvalue weighted by atomic mass is 16.5. The quantitative estimate of drug-likeness (QED) is 0.666. The van der Waals surface area contributed by atoms with Gasteiger partial charge >= 0.3 is 0 Å². The molecule has 0 radical (unpaired) electrons. The topological polar surface area (TPSA) is 9.23 Å². The summed E-state index contributed by atoms with van der Waals surface area (Å²) in [5.41, 5.74) is 0. The van der Waals surface area contributed by atoms with Gasteiger partial charge in [0.1, 0.15) is 5.75 Å². The van der Waals surface area contributed by atoms with Crippen molar-refractivity contribution in [3.8, 4) is 5.75 Å². The SMILES string of the molecule is C=C.CC1CCC(Oc2ccccc2)CC1. The summed E-state index contributed by atoms with van der Waals surface area (Å²) < 4.78 is 5.90. The van der Waals surface area contributed by atoms with E-state index >= 15 is 0 Å². The maximum atomic E-state index is 5.90. The molecule has 16 heavy (non-hydrogen) atoms. The number of benzene rings is 1. The average molecular weight is 218 g/mol. The monoisotopic (exact) mass is 218 g/mol. The summed E-state index contributed by atoms with van der Waals surface area (Å²) >= 11 is 0. The van der Waals surface area contributed by atoms with E-state index in [4.69, 9.17) is 4.74 Å². The molecule has 1 aromatic rings. The molecule has 0 heterocycles. The molecule has 2 rings (SSSR count). The third-order valence-corrected chi connectivity index (χ3v) is 3.01. The molecule has 0 aromatic heterocycles. The van der Waals surface area contributed by atoms with Crippen molar-refractivity contribution < 1.29 is 4.74 Å². The van der Waals surface area contributed by atoms with Crippen LogP contribution in [0.3, 0.4) is 0 Å². The molecular formula is C15H22O. The zero-order valence-electron chi connectivity index (χ0n) is 10.2. The summed E-state index contributed by atoms with van der Waals surface area (Å²) in [6.45, 7) is 8.33. The van der Waals surface area contributed by atoms with E-state index in [0.29, 0.717) is 6.10 Å². The molecule has 1 saturated carbocycles. The van der Waals surface area contributed by atoms with Gasteiger partial charge in [0.2, 0.25) is 0 Å². The van der Waals surface area contributed by atoms with Gasteiger partial charge in [0.15, 0.2) is 0 Å². The molecule has 0 bridgehead atoms. The Morgan fingerprint density at radius 1 is 1.00 bits per heavy atom. The minimum atomic E-state index is 0.452. The van der Waals surface area contributed by atoms with Gasteiger partial charge in [0.25, 0.3) is 0 Å². The van der Waals surface area contributed by atoms with Crippen LogP contribution in [0.2, 0.25) is 0 Å². The van der Waals surface area contributed by atoms with E-state index in [0.717, 1.165) is 11.7 Å². The second kappa shape index (κ2) is 7.10. The lowest BCUT2D eigenvalue weighted by molar-refractivity contribution is 0.135. The van der Waals surface area contributed by atoms with Crippen LogP contribution in [-0.2, 0) is 0 Å². The number of ether oxygens (including phenoxy) is 1. The summed E-state index contributed by atoms with van der Waals surface area (Å²) in [5, 5.41) is 0. The van der Waals surface area contributed by atoms with E-state index in [9.17, 15) is 0 Å². The van der Waals surface area contributed by atoms with E-state index < -0.39 is 0 Å². The molecule has 0 aliphatic heterocycles. The largest absolute Gasteiger partial charge is 0.490 e. The molecule has 1 aliphatic rings. The molecule has 1 heteroatoms. The average Bonchev–Trinajstić information content (AvgIpc) is 2.36. The first-order valence-corrected chi connectivity index (χ1v) is 6.06. The van der Waals surface area contributed by atoms with Crippen molar-refractivity contribution in [1.29, 1.82) is 0 Å². The van der Waals surface area contributed by atoms with Crippen LogP contribution in [0.15, 0.2) is 43.5 Å². The lowest BCUT2D eigenvalue weighted by atomic mass is 9.89. The maximum Gasteiger partial charge on any atom is 0.119 e. The van der Waals surface area contributed by atoms with Crippen LogP contribution in [0.1, 0.15) is 32.6 Å². The van der Waals surface area contributed by atoms with Gasteiger partial charge in [-0.3, -0.25) is 0 Å². The van der Waals surface area contributed by atoms with Gasteiger partial charge in [-0.1, -0.05) is 25.1 Å². The van der Waals surface area contributed by atoms with Gasteiger partial charge in [-0.2, -0.15) is 0 Å². The zero-order valence-corrected chi connectivity index (χ0v) is 10.2. The second-order valence-corrected chi connectivity index (χ2v) is 4.31. The van der Waals surface area contributed by atoms with Gasteiger partial charge < -0.3 is 4.74 Å². The first-order valence-electron chi connectivity index (χ1n) is 6.06. The standard InChI is InChI=1S/C13H18O.C2H4/c1-11-7-9-13(10-8-11)14-12-5-3-2-4-6-12;1-2/h2-6,11,13H,7-10H2,1H3;1-2H2. The second-order valence-electron chi connectivity index (χ2n) is 4.31. The van der Waals surface area contributed by atoms with Crippen molar-refractivity contribution in [1.82, 2.24) is 0 Å². The Balaban J connectivity index is 0.000000606. The fourth-order valence-corrected chi connectivity index (χ4v) is 2.04. The molecule has 0 atom stereocenters. The predicted octanol–water partition coefficient (Wildman–Crippen LogP) is 4.45. The summed E-state index contributed by atoms with van der Waals surface area (Å²) in [6.07, 6.45) is 5.52. The van der Waals surface area contributed by atoms with Gasteiger partial charge in [-0.05, 0) is 43.7 Å². The van der Waals surface area contributed by atoms with Crippen LogP contribution >= 0.6 is 0 Å². The van der Waals surface area contributed by atoms with Gasteiger partial charge in [-0.15, -0.1) is 13.2 Å². The maximum absolute atomic E-state index is 5.90.